The van der Waals surface area contributed by atoms with Crippen LogP contribution in [0.4, 0.5) is 0 Å². The van der Waals surface area contributed by atoms with E-state index in [1.54, 1.807) is 18.2 Å². The van der Waals surface area contributed by atoms with Gasteiger partial charge in [-0.25, -0.2) is 8.42 Å². The van der Waals surface area contributed by atoms with Gasteiger partial charge in [-0.15, -0.1) is 0 Å². The molecule has 0 spiro atoms. The third-order valence-corrected chi connectivity index (χ3v) is 5.01. The summed E-state index contributed by atoms with van der Waals surface area (Å²) in [6, 6.07) is 7.52. The first-order chi connectivity index (χ1) is 8.09. The van der Waals surface area contributed by atoms with E-state index in [-0.39, 0.29) is 17.5 Å². The molecule has 6 heteroatoms. The van der Waals surface area contributed by atoms with Crippen LogP contribution in [0.3, 0.4) is 0 Å². The fraction of sp³-hybridized carbons (Fsp3) is 0.364. The van der Waals surface area contributed by atoms with Gasteiger partial charge in [0, 0.05) is 6.42 Å². The maximum Gasteiger partial charge on any atom is 0.324 e. The smallest absolute Gasteiger partial charge is 0.324 e. The van der Waals surface area contributed by atoms with Gasteiger partial charge in [0.05, 0.1) is 11.4 Å². The second-order valence-electron chi connectivity index (χ2n) is 4.20. The molecule has 2 aliphatic heterocycles. The van der Waals surface area contributed by atoms with Gasteiger partial charge in [0.1, 0.15) is 12.1 Å². The van der Waals surface area contributed by atoms with Gasteiger partial charge >= 0.3 is 5.97 Å². The van der Waals surface area contributed by atoms with E-state index in [9.17, 15) is 13.2 Å². The first-order valence-corrected chi connectivity index (χ1v) is 6.80. The molecule has 0 amide bonds. The lowest BCUT2D eigenvalue weighted by Gasteiger charge is -2.24. The zero-order valence-corrected chi connectivity index (χ0v) is 9.76. The van der Waals surface area contributed by atoms with E-state index in [1.807, 2.05) is 0 Å². The highest BCUT2D eigenvalue weighted by Crippen LogP contribution is 2.33. The molecule has 3 rings (SSSR count). The number of sulfonamides is 1. The number of rotatable bonds is 2. The number of nitrogens with zero attached hydrogens (tertiary/aromatic N) is 1. The molecule has 1 aromatic rings. The third kappa shape index (κ3) is 1.56. The largest absolute Gasteiger partial charge is 0.460 e. The van der Waals surface area contributed by atoms with Crippen molar-refractivity contribution in [3.63, 3.8) is 0 Å². The molecule has 5 nitrogen and oxygen atoms in total. The van der Waals surface area contributed by atoms with Crippen LogP contribution in [0.2, 0.25) is 0 Å². The maximum absolute atomic E-state index is 12.3. The van der Waals surface area contributed by atoms with Crippen LogP contribution in [-0.4, -0.2) is 37.4 Å². The summed E-state index contributed by atoms with van der Waals surface area (Å²) in [6.45, 7) is 0.271. The summed E-state index contributed by atoms with van der Waals surface area (Å²) < 4.78 is 30.8. The van der Waals surface area contributed by atoms with E-state index >= 15 is 0 Å². The number of morpholine rings is 1. The van der Waals surface area contributed by atoms with Crippen molar-refractivity contribution < 1.29 is 17.9 Å². The Bertz CT molecular complexity index is 554. The monoisotopic (exact) mass is 253 g/mol. The van der Waals surface area contributed by atoms with E-state index in [1.165, 1.54) is 16.4 Å². The van der Waals surface area contributed by atoms with E-state index in [0.29, 0.717) is 6.42 Å². The number of benzene rings is 1. The Hall–Kier alpha value is -1.40. The number of esters is 1. The molecule has 2 saturated heterocycles. The third-order valence-electron chi connectivity index (χ3n) is 3.12. The highest BCUT2D eigenvalue weighted by molar-refractivity contribution is 7.89. The molecule has 2 bridgehead atoms. The molecule has 2 fully saturated rings. The van der Waals surface area contributed by atoms with Crippen LogP contribution in [0.1, 0.15) is 6.42 Å². The Morgan fingerprint density at radius 2 is 1.94 bits per heavy atom. The molecule has 0 aromatic heterocycles. The van der Waals surface area contributed by atoms with Crippen molar-refractivity contribution in [2.24, 2.45) is 0 Å². The van der Waals surface area contributed by atoms with Gasteiger partial charge in [-0.2, -0.15) is 4.31 Å². The van der Waals surface area contributed by atoms with Crippen molar-refractivity contribution in [2.75, 3.05) is 6.54 Å². The van der Waals surface area contributed by atoms with Gasteiger partial charge in [-0.3, -0.25) is 4.79 Å². The van der Waals surface area contributed by atoms with Crippen molar-refractivity contribution >= 4 is 16.0 Å². The molecule has 90 valence electrons. The fourth-order valence-corrected chi connectivity index (χ4v) is 3.95. The number of carbonyl (C=O) groups is 1. The van der Waals surface area contributed by atoms with Gasteiger partial charge in [0.15, 0.2) is 0 Å². The predicted octanol–water partition coefficient (Wildman–Crippen LogP) is 0.375. The number of carbonyl (C=O) groups excluding carboxylic acids is 1. The molecule has 0 N–H and O–H groups in total. The minimum absolute atomic E-state index is 0.223. The van der Waals surface area contributed by atoms with Crippen LogP contribution in [0.25, 0.3) is 0 Å². The Labute approximate surface area is 99.0 Å². The minimum atomic E-state index is -3.57. The lowest BCUT2D eigenvalue weighted by Crippen LogP contribution is -2.44. The molecule has 0 saturated carbocycles. The maximum atomic E-state index is 12.3. The molecule has 2 aliphatic rings. The summed E-state index contributed by atoms with van der Waals surface area (Å²) in [5.41, 5.74) is 0. The van der Waals surface area contributed by atoms with Crippen LogP contribution >= 0.6 is 0 Å². The second kappa shape index (κ2) is 3.54. The lowest BCUT2D eigenvalue weighted by molar-refractivity contribution is -0.148. The molecule has 1 aromatic carbocycles. The van der Waals surface area contributed by atoms with Crippen molar-refractivity contribution in [2.45, 2.75) is 23.5 Å². The van der Waals surface area contributed by atoms with Crippen LogP contribution in [0.15, 0.2) is 35.2 Å². The lowest BCUT2D eigenvalue weighted by atomic mass is 10.2. The van der Waals surface area contributed by atoms with Gasteiger partial charge in [-0.1, -0.05) is 18.2 Å². The van der Waals surface area contributed by atoms with Gasteiger partial charge < -0.3 is 4.74 Å². The van der Waals surface area contributed by atoms with Crippen molar-refractivity contribution in [3.8, 4) is 0 Å². The number of fused-ring (bicyclic) bond motifs is 2. The number of hydrogen-bond acceptors (Lipinski definition) is 4. The van der Waals surface area contributed by atoms with Crippen LogP contribution in [0.5, 0.6) is 0 Å². The highest BCUT2D eigenvalue weighted by Gasteiger charge is 2.51. The summed E-state index contributed by atoms with van der Waals surface area (Å²) in [6.07, 6.45) is 0.205. The average molecular weight is 253 g/mol. The average Bonchev–Trinajstić information content (AvgIpc) is 2.89. The van der Waals surface area contributed by atoms with E-state index in [4.69, 9.17) is 4.74 Å². The Balaban J connectivity index is 1.98. The summed E-state index contributed by atoms with van der Waals surface area (Å²) in [5, 5.41) is 0. The molecule has 0 aliphatic carbocycles. The fourth-order valence-electron chi connectivity index (χ4n) is 2.30. The quantitative estimate of drug-likeness (QED) is 0.715. The molecular formula is C11H11NO4S. The first-order valence-electron chi connectivity index (χ1n) is 5.36. The standard InChI is InChI=1S/C11H11NO4S/c13-11-10-6-8(16-11)7-12(10)17(14,15)9-4-2-1-3-5-9/h1-5,8,10H,6-7H2/t8-,10-/m0/s1. The van der Waals surface area contributed by atoms with Crippen molar-refractivity contribution in [1.82, 2.24) is 4.31 Å². The first kappa shape index (κ1) is 10.7. The zero-order valence-electron chi connectivity index (χ0n) is 8.94. The number of ether oxygens (including phenoxy) is 1. The summed E-state index contributed by atoms with van der Waals surface area (Å²) in [4.78, 5) is 11.6. The molecule has 0 radical (unpaired) electrons. The molecule has 2 heterocycles. The molecule has 2 atom stereocenters. The number of hydrogen-bond donors (Lipinski definition) is 0. The predicted molar refractivity (Wildman–Crippen MR) is 58.6 cm³/mol. The second-order valence-corrected chi connectivity index (χ2v) is 6.09. The zero-order chi connectivity index (χ0) is 12.0. The van der Waals surface area contributed by atoms with E-state index in [0.717, 1.165) is 0 Å². The van der Waals surface area contributed by atoms with Crippen molar-refractivity contribution in [3.05, 3.63) is 30.3 Å². The normalized spacial score (nSPS) is 28.4. The van der Waals surface area contributed by atoms with Gasteiger partial charge in [0.2, 0.25) is 10.0 Å². The minimum Gasteiger partial charge on any atom is -0.460 e. The van der Waals surface area contributed by atoms with E-state index < -0.39 is 22.0 Å². The summed E-state index contributed by atoms with van der Waals surface area (Å²) in [7, 11) is -3.57. The van der Waals surface area contributed by atoms with E-state index in [2.05, 4.69) is 0 Å². The molecular weight excluding hydrogens is 242 g/mol. The van der Waals surface area contributed by atoms with Gasteiger partial charge in [-0.05, 0) is 12.1 Å². The Morgan fingerprint density at radius 3 is 2.53 bits per heavy atom. The van der Waals surface area contributed by atoms with Crippen LogP contribution < -0.4 is 0 Å². The highest BCUT2D eigenvalue weighted by atomic mass is 32.2. The molecule has 0 unspecified atom stereocenters. The Morgan fingerprint density at radius 1 is 1.24 bits per heavy atom. The summed E-state index contributed by atoms with van der Waals surface area (Å²) >= 11 is 0. The van der Waals surface area contributed by atoms with Crippen LogP contribution in [0, 0.1) is 0 Å². The molecule has 17 heavy (non-hydrogen) atoms. The SMILES string of the molecule is O=C1O[C@H]2C[C@@H]1N(S(=O)(=O)c1ccccc1)C2. The Kier molecular flexibility index (Phi) is 2.24. The topological polar surface area (TPSA) is 63.7 Å². The van der Waals surface area contributed by atoms with Crippen molar-refractivity contribution in [1.29, 1.82) is 0 Å². The van der Waals surface area contributed by atoms with Gasteiger partial charge in [0.25, 0.3) is 0 Å². The summed E-state index contributed by atoms with van der Waals surface area (Å²) in [5.74, 6) is -0.430. The van der Waals surface area contributed by atoms with Crippen LogP contribution in [-0.2, 0) is 19.6 Å².